The fourth-order valence-corrected chi connectivity index (χ4v) is 11.4. The van der Waals surface area contributed by atoms with Crippen LogP contribution in [0.25, 0.3) is 50.1 Å². The summed E-state index contributed by atoms with van der Waals surface area (Å²) in [7, 11) is 0. The van der Waals surface area contributed by atoms with E-state index in [0.29, 0.717) is 0 Å². The smallest absolute Gasteiger partial charge is 0.0726 e. The Hall–Kier alpha value is -6.96. The average molecular weight is 768 g/mol. The number of rotatable bonds is 5. The molecular formula is C59H45N. The van der Waals surface area contributed by atoms with Gasteiger partial charge < -0.3 is 4.90 Å². The summed E-state index contributed by atoms with van der Waals surface area (Å²) in [5.41, 5.74) is 24.8. The van der Waals surface area contributed by atoms with E-state index in [9.17, 15) is 0 Å². The highest BCUT2D eigenvalue weighted by atomic mass is 15.1. The Kier molecular flexibility index (Phi) is 7.75. The first-order chi connectivity index (χ1) is 29.5. The van der Waals surface area contributed by atoms with Crippen molar-refractivity contribution in [2.45, 2.75) is 43.9 Å². The predicted molar refractivity (Wildman–Crippen MR) is 251 cm³/mol. The van der Waals surface area contributed by atoms with Crippen LogP contribution in [-0.2, 0) is 10.8 Å². The maximum absolute atomic E-state index is 2.58. The monoisotopic (exact) mass is 767 g/mol. The highest BCUT2D eigenvalue weighted by Gasteiger charge is 2.51. The van der Waals surface area contributed by atoms with E-state index in [-0.39, 0.29) is 5.41 Å². The van der Waals surface area contributed by atoms with Gasteiger partial charge in [0.2, 0.25) is 0 Å². The summed E-state index contributed by atoms with van der Waals surface area (Å²) in [6.07, 6.45) is 5.71. The fraction of sp³-hybridized carbons (Fsp3) is 0.119. The van der Waals surface area contributed by atoms with Crippen molar-refractivity contribution in [3.05, 3.63) is 245 Å². The van der Waals surface area contributed by atoms with E-state index >= 15 is 0 Å². The van der Waals surface area contributed by atoms with Gasteiger partial charge in [0.1, 0.15) is 0 Å². The van der Waals surface area contributed by atoms with E-state index in [1.165, 1.54) is 101 Å². The van der Waals surface area contributed by atoms with Crippen LogP contribution < -0.4 is 4.90 Å². The molecule has 1 spiro atoms. The number of fused-ring (bicyclic) bond motifs is 12. The Morgan fingerprint density at radius 2 is 0.883 bits per heavy atom. The first-order valence-corrected chi connectivity index (χ1v) is 21.6. The molecule has 0 saturated heterocycles. The maximum atomic E-state index is 2.58. The van der Waals surface area contributed by atoms with Gasteiger partial charge in [-0.3, -0.25) is 0 Å². The van der Waals surface area contributed by atoms with Gasteiger partial charge in [-0.25, -0.2) is 0 Å². The largest absolute Gasteiger partial charge is 0.314 e. The summed E-state index contributed by atoms with van der Waals surface area (Å²) in [4.78, 5) is 2.58. The van der Waals surface area contributed by atoms with Gasteiger partial charge in [0.05, 0.1) is 5.41 Å². The normalized spacial score (nSPS) is 15.9. The molecule has 0 aliphatic heterocycles. The summed E-state index contributed by atoms with van der Waals surface area (Å²) in [6.45, 7) is 4.87. The molecule has 4 aliphatic carbocycles. The fourth-order valence-electron chi connectivity index (χ4n) is 11.4. The molecular weight excluding hydrogens is 723 g/mol. The van der Waals surface area contributed by atoms with Gasteiger partial charge in [-0.2, -0.15) is 0 Å². The van der Waals surface area contributed by atoms with Crippen LogP contribution >= 0.6 is 0 Å². The number of allylic oxidation sites excluding steroid dienone is 4. The third kappa shape index (κ3) is 4.99. The van der Waals surface area contributed by atoms with Crippen LogP contribution in [0.3, 0.4) is 0 Å². The standard InChI is InChI=1S/C59H45N/c1-58(2)52-27-15-20-44(37-51(52)50-36-42(30-35-53(50)58)40-18-7-4-8-19-40)60(43-31-28-41(29-32-43)39-16-5-3-6-17-39)45-33-34-49-48-23-11-14-26-56(48)59(57(49)38-45)54-24-12-9-21-46(54)47-22-10-13-25-55(47)59/h3-14,16-19,21-26,28-38H,15,20,27H2,1-2H3. The molecule has 4 aliphatic rings. The van der Waals surface area contributed by atoms with Crippen molar-refractivity contribution in [3.63, 3.8) is 0 Å². The third-order valence-corrected chi connectivity index (χ3v) is 14.1. The molecule has 0 N–H and O–H groups in total. The van der Waals surface area contributed by atoms with Gasteiger partial charge in [0.15, 0.2) is 0 Å². The highest BCUT2D eigenvalue weighted by Crippen LogP contribution is 2.63. The zero-order chi connectivity index (χ0) is 40.0. The molecule has 0 amide bonds. The predicted octanol–water partition coefficient (Wildman–Crippen LogP) is 15.3. The molecule has 0 atom stereocenters. The highest BCUT2D eigenvalue weighted by molar-refractivity contribution is 5.96. The molecule has 0 bridgehead atoms. The quantitative estimate of drug-likeness (QED) is 0.169. The third-order valence-electron chi connectivity index (χ3n) is 14.1. The Morgan fingerprint density at radius 1 is 0.383 bits per heavy atom. The van der Waals surface area contributed by atoms with Gasteiger partial charge in [-0.05, 0) is 139 Å². The minimum Gasteiger partial charge on any atom is -0.314 e. The molecule has 12 rings (SSSR count). The Bertz CT molecular complexity index is 3010. The number of hydrogen-bond acceptors (Lipinski definition) is 1. The number of hydrogen-bond donors (Lipinski definition) is 0. The van der Waals surface area contributed by atoms with E-state index in [4.69, 9.17) is 0 Å². The minimum atomic E-state index is -0.409. The average Bonchev–Trinajstić information content (AvgIpc) is 3.75. The van der Waals surface area contributed by atoms with E-state index in [1.807, 2.05) is 0 Å². The molecule has 0 heterocycles. The second kappa shape index (κ2) is 13.3. The lowest BCUT2D eigenvalue weighted by molar-refractivity contribution is 0.596. The molecule has 286 valence electrons. The van der Waals surface area contributed by atoms with Crippen LogP contribution in [0.15, 0.2) is 211 Å². The lowest BCUT2D eigenvalue weighted by atomic mass is 9.70. The second-order valence-corrected chi connectivity index (χ2v) is 17.5. The Labute approximate surface area is 353 Å². The molecule has 8 aromatic rings. The lowest BCUT2D eigenvalue weighted by Gasteiger charge is -2.33. The Morgan fingerprint density at radius 3 is 1.50 bits per heavy atom. The van der Waals surface area contributed by atoms with Crippen molar-refractivity contribution in [1.82, 2.24) is 0 Å². The van der Waals surface area contributed by atoms with Crippen molar-refractivity contribution in [3.8, 4) is 44.5 Å². The zero-order valence-electron chi connectivity index (χ0n) is 34.1. The van der Waals surface area contributed by atoms with Crippen LogP contribution in [0, 0.1) is 0 Å². The van der Waals surface area contributed by atoms with Gasteiger partial charge in [-0.15, -0.1) is 0 Å². The van der Waals surface area contributed by atoms with E-state index in [0.717, 1.165) is 19.3 Å². The summed E-state index contributed by atoms with van der Waals surface area (Å²) < 4.78 is 0. The molecule has 60 heavy (non-hydrogen) atoms. The van der Waals surface area contributed by atoms with Gasteiger partial charge in [0.25, 0.3) is 0 Å². The van der Waals surface area contributed by atoms with E-state index < -0.39 is 5.41 Å². The molecule has 0 saturated carbocycles. The van der Waals surface area contributed by atoms with Crippen molar-refractivity contribution in [2.75, 3.05) is 4.90 Å². The topological polar surface area (TPSA) is 3.24 Å². The Balaban J connectivity index is 1.08. The van der Waals surface area contributed by atoms with E-state index in [1.54, 1.807) is 5.57 Å². The van der Waals surface area contributed by atoms with Crippen molar-refractivity contribution >= 4 is 16.9 Å². The molecule has 0 fully saturated rings. The van der Waals surface area contributed by atoms with Crippen LogP contribution in [0.4, 0.5) is 11.4 Å². The van der Waals surface area contributed by atoms with Gasteiger partial charge in [0, 0.05) is 22.5 Å². The first-order valence-electron chi connectivity index (χ1n) is 21.6. The first kappa shape index (κ1) is 35.0. The zero-order valence-corrected chi connectivity index (χ0v) is 34.1. The molecule has 8 aromatic carbocycles. The second-order valence-electron chi connectivity index (χ2n) is 17.5. The van der Waals surface area contributed by atoms with Gasteiger partial charge in [-0.1, -0.05) is 183 Å². The summed E-state index contributed by atoms with van der Waals surface area (Å²) >= 11 is 0. The molecule has 0 radical (unpaired) electrons. The summed E-state index contributed by atoms with van der Waals surface area (Å²) in [6, 6.07) is 72.7. The molecule has 0 aromatic heterocycles. The van der Waals surface area contributed by atoms with Crippen LogP contribution in [0.1, 0.15) is 66.5 Å². The maximum Gasteiger partial charge on any atom is 0.0726 e. The SMILES string of the molecule is CC1(C)C2=C(C=C(N(c3ccc(-c4ccccc4)cc3)c3ccc4c(c3)C3(c5ccccc5-c5ccccc53)c3ccccc3-4)CCC2)c2cc(-c3ccccc3)ccc21. The minimum absolute atomic E-state index is 0.0387. The van der Waals surface area contributed by atoms with E-state index in [2.05, 4.69) is 219 Å². The van der Waals surface area contributed by atoms with Crippen molar-refractivity contribution in [1.29, 1.82) is 0 Å². The summed E-state index contributed by atoms with van der Waals surface area (Å²) in [5, 5.41) is 0. The number of nitrogens with zero attached hydrogens (tertiary/aromatic N) is 1. The molecule has 1 nitrogen and oxygen atoms in total. The van der Waals surface area contributed by atoms with Crippen LogP contribution in [0.2, 0.25) is 0 Å². The number of anilines is 2. The number of benzene rings is 8. The van der Waals surface area contributed by atoms with Crippen molar-refractivity contribution < 1.29 is 0 Å². The summed E-state index contributed by atoms with van der Waals surface area (Å²) in [5.74, 6) is 0. The van der Waals surface area contributed by atoms with Crippen molar-refractivity contribution in [2.24, 2.45) is 0 Å². The lowest BCUT2D eigenvalue weighted by Crippen LogP contribution is -2.26. The molecule has 0 unspecified atom stereocenters. The molecule has 1 heteroatoms. The van der Waals surface area contributed by atoms with Crippen LogP contribution in [0.5, 0.6) is 0 Å². The van der Waals surface area contributed by atoms with Gasteiger partial charge >= 0.3 is 0 Å². The van der Waals surface area contributed by atoms with Crippen LogP contribution in [-0.4, -0.2) is 0 Å².